The summed E-state index contributed by atoms with van der Waals surface area (Å²) in [6, 6.07) is 14.0. The highest BCUT2D eigenvalue weighted by Crippen LogP contribution is 2.18. The second-order valence-electron chi connectivity index (χ2n) is 5.90. The fourth-order valence-electron chi connectivity index (χ4n) is 2.84. The second-order valence-corrected chi connectivity index (χ2v) is 7.83. The van der Waals surface area contributed by atoms with Gasteiger partial charge in [-0.05, 0) is 30.3 Å². The molecule has 1 N–H and O–H groups in total. The summed E-state index contributed by atoms with van der Waals surface area (Å²) in [5, 5.41) is 9.04. The van der Waals surface area contributed by atoms with Crippen LogP contribution in [0.3, 0.4) is 0 Å². The van der Waals surface area contributed by atoms with Gasteiger partial charge < -0.3 is 10.0 Å². The van der Waals surface area contributed by atoms with Crippen molar-refractivity contribution in [1.82, 2.24) is 9.21 Å². The molecule has 26 heavy (non-hydrogen) atoms. The first kappa shape index (κ1) is 18.1. The van der Waals surface area contributed by atoms with Gasteiger partial charge in [-0.25, -0.2) is 13.2 Å². The van der Waals surface area contributed by atoms with Crippen molar-refractivity contribution in [3.05, 3.63) is 65.7 Å². The Labute approximate surface area is 151 Å². The molecular formula is C18H18N2O5S. The minimum Gasteiger partial charge on any atom is -0.478 e. The van der Waals surface area contributed by atoms with E-state index in [0.29, 0.717) is 0 Å². The normalized spacial score (nSPS) is 15.6. The molecule has 8 heteroatoms. The van der Waals surface area contributed by atoms with Crippen molar-refractivity contribution in [2.45, 2.75) is 4.90 Å². The molecule has 2 aromatic rings. The predicted molar refractivity (Wildman–Crippen MR) is 94.5 cm³/mol. The van der Waals surface area contributed by atoms with E-state index in [4.69, 9.17) is 5.11 Å². The number of benzene rings is 2. The number of carboxylic acids is 1. The molecule has 0 bridgehead atoms. The number of hydrogen-bond acceptors (Lipinski definition) is 4. The van der Waals surface area contributed by atoms with Gasteiger partial charge in [-0.2, -0.15) is 4.31 Å². The van der Waals surface area contributed by atoms with Crippen LogP contribution in [0.1, 0.15) is 20.7 Å². The topological polar surface area (TPSA) is 95.0 Å². The summed E-state index contributed by atoms with van der Waals surface area (Å²) in [7, 11) is -3.58. The first-order chi connectivity index (χ1) is 12.4. The highest BCUT2D eigenvalue weighted by Gasteiger charge is 2.30. The van der Waals surface area contributed by atoms with Gasteiger partial charge in [0.15, 0.2) is 0 Å². The molecule has 1 fully saturated rings. The molecule has 7 nitrogen and oxygen atoms in total. The zero-order valence-corrected chi connectivity index (χ0v) is 14.7. The summed E-state index contributed by atoms with van der Waals surface area (Å²) >= 11 is 0. The quantitative estimate of drug-likeness (QED) is 0.876. The Balaban J connectivity index is 1.70. The van der Waals surface area contributed by atoms with Gasteiger partial charge in [-0.3, -0.25) is 4.79 Å². The summed E-state index contributed by atoms with van der Waals surface area (Å²) in [5.74, 6) is -1.40. The van der Waals surface area contributed by atoms with Crippen LogP contribution in [0, 0.1) is 0 Å². The molecule has 1 aliphatic heterocycles. The molecule has 0 radical (unpaired) electrons. The zero-order chi connectivity index (χ0) is 18.7. The van der Waals surface area contributed by atoms with E-state index in [-0.39, 0.29) is 48.1 Å². The predicted octanol–water partition coefficient (Wildman–Crippen LogP) is 1.53. The molecule has 3 rings (SSSR count). The molecule has 1 heterocycles. The monoisotopic (exact) mass is 374 g/mol. The van der Waals surface area contributed by atoms with Crippen LogP contribution in [-0.2, 0) is 10.0 Å². The summed E-state index contributed by atoms with van der Waals surface area (Å²) in [5.41, 5.74) is 0.324. The third kappa shape index (κ3) is 3.61. The minimum absolute atomic E-state index is 0.0427. The smallest absolute Gasteiger partial charge is 0.335 e. The molecule has 0 aliphatic carbocycles. The highest BCUT2D eigenvalue weighted by molar-refractivity contribution is 7.89. The SMILES string of the molecule is O=C(O)c1cccc(C(=O)N2CCN(S(=O)(=O)c3ccccc3)CC2)c1. The van der Waals surface area contributed by atoms with Crippen molar-refractivity contribution in [3.63, 3.8) is 0 Å². The van der Waals surface area contributed by atoms with Gasteiger partial charge in [0, 0.05) is 31.7 Å². The average Bonchev–Trinajstić information content (AvgIpc) is 2.68. The van der Waals surface area contributed by atoms with E-state index < -0.39 is 16.0 Å². The van der Waals surface area contributed by atoms with Crippen LogP contribution < -0.4 is 0 Å². The van der Waals surface area contributed by atoms with Crippen molar-refractivity contribution in [1.29, 1.82) is 0 Å². The lowest BCUT2D eigenvalue weighted by Crippen LogP contribution is -2.50. The molecule has 0 aromatic heterocycles. The number of piperazine rings is 1. The van der Waals surface area contributed by atoms with Gasteiger partial charge in [0.05, 0.1) is 10.5 Å². The number of carbonyl (C=O) groups excluding carboxylic acids is 1. The third-order valence-electron chi connectivity index (χ3n) is 4.26. The standard InChI is InChI=1S/C18H18N2O5S/c21-17(14-5-4-6-15(13-14)18(22)23)19-9-11-20(12-10-19)26(24,25)16-7-2-1-3-8-16/h1-8,13H,9-12H2,(H,22,23). The van der Waals surface area contributed by atoms with E-state index in [1.165, 1.54) is 27.4 Å². The largest absolute Gasteiger partial charge is 0.478 e. The molecule has 0 saturated carbocycles. The van der Waals surface area contributed by atoms with Crippen LogP contribution in [0.5, 0.6) is 0 Å². The molecule has 1 saturated heterocycles. The van der Waals surface area contributed by atoms with Gasteiger partial charge in [0.25, 0.3) is 5.91 Å². The number of hydrogen-bond donors (Lipinski definition) is 1. The zero-order valence-electron chi connectivity index (χ0n) is 13.9. The molecule has 2 aromatic carbocycles. The molecule has 1 amide bonds. The maximum atomic E-state index is 12.6. The fourth-order valence-corrected chi connectivity index (χ4v) is 4.28. The number of amides is 1. The maximum Gasteiger partial charge on any atom is 0.335 e. The van der Waals surface area contributed by atoms with E-state index in [1.54, 1.807) is 36.4 Å². The summed E-state index contributed by atoms with van der Waals surface area (Å²) in [4.78, 5) is 25.4. The summed E-state index contributed by atoms with van der Waals surface area (Å²) < 4.78 is 26.6. The molecule has 0 atom stereocenters. The number of aromatic carboxylic acids is 1. The first-order valence-corrected chi connectivity index (χ1v) is 9.51. The van der Waals surface area contributed by atoms with Crippen LogP contribution in [0.15, 0.2) is 59.5 Å². The van der Waals surface area contributed by atoms with E-state index in [0.717, 1.165) is 0 Å². The number of sulfonamides is 1. The second kappa shape index (κ2) is 7.27. The maximum absolute atomic E-state index is 12.6. The number of carbonyl (C=O) groups is 2. The molecule has 136 valence electrons. The Morgan fingerprint density at radius 3 is 2.08 bits per heavy atom. The Bertz CT molecular complexity index is 920. The van der Waals surface area contributed by atoms with Crippen LogP contribution in [0.2, 0.25) is 0 Å². The average molecular weight is 374 g/mol. The van der Waals surface area contributed by atoms with Crippen molar-refractivity contribution >= 4 is 21.9 Å². The third-order valence-corrected chi connectivity index (χ3v) is 6.18. The van der Waals surface area contributed by atoms with Crippen molar-refractivity contribution in [2.24, 2.45) is 0 Å². The van der Waals surface area contributed by atoms with Crippen LogP contribution in [0.25, 0.3) is 0 Å². The van der Waals surface area contributed by atoms with E-state index in [2.05, 4.69) is 0 Å². The van der Waals surface area contributed by atoms with Crippen LogP contribution in [0.4, 0.5) is 0 Å². The van der Waals surface area contributed by atoms with Gasteiger partial charge >= 0.3 is 5.97 Å². The minimum atomic E-state index is -3.58. The molecular weight excluding hydrogens is 356 g/mol. The number of carboxylic acid groups (broad SMARTS) is 1. The Morgan fingerprint density at radius 2 is 1.46 bits per heavy atom. The molecule has 1 aliphatic rings. The highest BCUT2D eigenvalue weighted by atomic mass is 32.2. The Hall–Kier alpha value is -2.71. The molecule has 0 unspecified atom stereocenters. The van der Waals surface area contributed by atoms with E-state index in [9.17, 15) is 18.0 Å². The van der Waals surface area contributed by atoms with Gasteiger partial charge in [0.1, 0.15) is 0 Å². The lowest BCUT2D eigenvalue weighted by molar-refractivity contribution is 0.0696. The number of rotatable bonds is 4. The Kier molecular flexibility index (Phi) is 5.06. The van der Waals surface area contributed by atoms with E-state index in [1.807, 2.05) is 0 Å². The summed E-state index contributed by atoms with van der Waals surface area (Å²) in [6.45, 7) is 0.896. The van der Waals surface area contributed by atoms with Crippen LogP contribution >= 0.6 is 0 Å². The Morgan fingerprint density at radius 1 is 0.846 bits per heavy atom. The van der Waals surface area contributed by atoms with E-state index >= 15 is 0 Å². The first-order valence-electron chi connectivity index (χ1n) is 8.07. The van der Waals surface area contributed by atoms with Crippen LogP contribution in [-0.4, -0.2) is 60.8 Å². The van der Waals surface area contributed by atoms with Gasteiger partial charge in [0.2, 0.25) is 10.0 Å². The fraction of sp³-hybridized carbons (Fsp3) is 0.222. The summed E-state index contributed by atoms with van der Waals surface area (Å²) in [6.07, 6.45) is 0. The van der Waals surface area contributed by atoms with Crippen molar-refractivity contribution < 1.29 is 23.1 Å². The number of nitrogens with zero attached hydrogens (tertiary/aromatic N) is 2. The lowest BCUT2D eigenvalue weighted by atomic mass is 10.1. The lowest BCUT2D eigenvalue weighted by Gasteiger charge is -2.34. The van der Waals surface area contributed by atoms with Gasteiger partial charge in [-0.15, -0.1) is 0 Å². The van der Waals surface area contributed by atoms with Crippen molar-refractivity contribution in [2.75, 3.05) is 26.2 Å². The molecule has 0 spiro atoms. The van der Waals surface area contributed by atoms with Crippen molar-refractivity contribution in [3.8, 4) is 0 Å². The van der Waals surface area contributed by atoms with Gasteiger partial charge in [-0.1, -0.05) is 24.3 Å².